The highest BCUT2D eigenvalue weighted by molar-refractivity contribution is 7.97. The Balaban J connectivity index is 1.94. The topological polar surface area (TPSA) is 86.5 Å². The number of benzene rings is 2. The first-order valence-electron chi connectivity index (χ1n) is 8.83. The molecule has 144 valence electrons. The summed E-state index contributed by atoms with van der Waals surface area (Å²) in [7, 11) is -1.51. The molecule has 0 bridgehead atoms. The van der Waals surface area contributed by atoms with E-state index in [4.69, 9.17) is 4.52 Å². The second-order valence-electron chi connectivity index (χ2n) is 7.21. The second-order valence-corrected chi connectivity index (χ2v) is 9.23. The van der Waals surface area contributed by atoms with E-state index in [0.29, 0.717) is 17.9 Å². The lowest BCUT2D eigenvalue weighted by Crippen LogP contribution is -2.17. The molecule has 4 rings (SSSR count). The lowest BCUT2D eigenvalue weighted by molar-refractivity contribution is 0.0817. The summed E-state index contributed by atoms with van der Waals surface area (Å²) in [5.74, 6) is 0.677. The fourth-order valence-electron chi connectivity index (χ4n) is 3.75. The highest BCUT2D eigenvalue weighted by Gasteiger charge is 2.29. The number of nitrogens with zero attached hydrogens (tertiary/aromatic N) is 2. The Morgan fingerprint density at radius 1 is 1.11 bits per heavy atom. The number of rotatable bonds is 3. The van der Waals surface area contributed by atoms with E-state index in [1.807, 2.05) is 26.0 Å². The minimum Gasteiger partial charge on any atom is -0.610 e. The molecular weight excluding hydrogens is 376 g/mol. The van der Waals surface area contributed by atoms with Crippen molar-refractivity contribution in [3.05, 3.63) is 59.0 Å². The van der Waals surface area contributed by atoms with Gasteiger partial charge in [0, 0.05) is 19.2 Å². The zero-order valence-electron chi connectivity index (χ0n) is 16.1. The summed E-state index contributed by atoms with van der Waals surface area (Å²) in [5, 5.41) is 4.04. The Bertz CT molecular complexity index is 1120. The van der Waals surface area contributed by atoms with Crippen molar-refractivity contribution in [1.29, 1.82) is 0 Å². The molecule has 2 heterocycles. The van der Waals surface area contributed by atoms with Crippen molar-refractivity contribution in [2.75, 3.05) is 13.3 Å². The minimum atomic E-state index is -3.28. The molecule has 0 spiro atoms. The van der Waals surface area contributed by atoms with Crippen LogP contribution in [0.15, 0.2) is 45.8 Å². The zero-order valence-corrected chi connectivity index (χ0v) is 16.9. The van der Waals surface area contributed by atoms with Crippen LogP contribution in [-0.4, -0.2) is 33.8 Å². The van der Waals surface area contributed by atoms with Crippen LogP contribution in [0.2, 0.25) is 0 Å². The molecule has 0 radical (unpaired) electrons. The molecule has 1 aliphatic heterocycles. The molecule has 1 unspecified atom stereocenters. The molecule has 0 N–H and O–H groups in total. The predicted molar refractivity (Wildman–Crippen MR) is 106 cm³/mol. The van der Waals surface area contributed by atoms with Crippen LogP contribution in [0.25, 0.3) is 22.3 Å². The first-order chi connectivity index (χ1) is 13.2. The fraction of sp³-hybridized carbons (Fsp3) is 0.238. The van der Waals surface area contributed by atoms with Gasteiger partial charge in [-0.3, -0.25) is 4.79 Å². The average molecular weight is 396 g/mol. The van der Waals surface area contributed by atoms with Gasteiger partial charge in [-0.25, -0.2) is 0 Å². The maximum Gasteiger partial charge on any atom is 0.254 e. The Hall–Kier alpha value is -2.77. The Morgan fingerprint density at radius 3 is 2.36 bits per heavy atom. The summed E-state index contributed by atoms with van der Waals surface area (Å²) in [6, 6.07) is 10.6. The molecule has 0 saturated carbocycles. The van der Waals surface area contributed by atoms with Crippen molar-refractivity contribution in [2.24, 2.45) is 0 Å². The number of carbonyl (C=O) groups excluding carboxylic acids is 1. The normalized spacial score (nSPS) is 15.6. The molecule has 1 aromatic heterocycles. The summed E-state index contributed by atoms with van der Waals surface area (Å²) in [4.78, 5) is 14.7. The third kappa shape index (κ3) is 2.96. The minimum absolute atomic E-state index is 0.0393. The van der Waals surface area contributed by atoms with Crippen LogP contribution < -0.4 is 0 Å². The second kappa shape index (κ2) is 6.39. The van der Waals surface area contributed by atoms with Crippen LogP contribution in [0.3, 0.4) is 0 Å². The van der Waals surface area contributed by atoms with E-state index >= 15 is 0 Å². The van der Waals surface area contributed by atoms with Gasteiger partial charge < -0.3 is 14.0 Å². The quantitative estimate of drug-likeness (QED) is 0.628. The van der Waals surface area contributed by atoms with Crippen molar-refractivity contribution in [2.45, 2.75) is 25.3 Å². The molecule has 0 fully saturated rings. The van der Waals surface area contributed by atoms with Gasteiger partial charge in [0.2, 0.25) is 0 Å². The van der Waals surface area contributed by atoms with Crippen molar-refractivity contribution < 1.29 is 18.1 Å². The first-order valence-corrected chi connectivity index (χ1v) is 10.7. The number of amides is 1. The van der Waals surface area contributed by atoms with Crippen molar-refractivity contribution in [1.82, 2.24) is 10.1 Å². The van der Waals surface area contributed by atoms with Gasteiger partial charge in [-0.2, -0.15) is 0 Å². The molecule has 0 saturated heterocycles. The molecular formula is C21H20N2O4S. The molecule has 1 amide bonds. The lowest BCUT2D eigenvalue weighted by Gasteiger charge is -2.13. The van der Waals surface area contributed by atoms with E-state index in [0.717, 1.165) is 33.5 Å². The molecule has 28 heavy (non-hydrogen) atoms. The molecule has 1 aliphatic rings. The van der Waals surface area contributed by atoms with Crippen LogP contribution in [-0.2, 0) is 21.0 Å². The molecule has 2 aromatic carbocycles. The van der Waals surface area contributed by atoms with Gasteiger partial charge in [-0.05, 0) is 72.5 Å². The van der Waals surface area contributed by atoms with E-state index in [1.54, 1.807) is 36.2 Å². The van der Waals surface area contributed by atoms with E-state index in [2.05, 4.69) is 5.16 Å². The Labute approximate surface area is 164 Å². The summed E-state index contributed by atoms with van der Waals surface area (Å²) >= 11 is 0. The highest BCUT2D eigenvalue weighted by atomic mass is 32.3. The Morgan fingerprint density at radius 2 is 1.79 bits per heavy atom. The number of sulfone groups is 1. The fourth-order valence-corrected chi connectivity index (χ4v) is 4.38. The maximum atomic E-state index is 12.7. The predicted octanol–water partition coefficient (Wildman–Crippen LogP) is 3.83. The average Bonchev–Trinajstić information content (AvgIpc) is 3.12. The maximum absolute atomic E-state index is 12.7. The summed E-state index contributed by atoms with van der Waals surface area (Å²) in [5.41, 5.74) is 5.80. The largest absolute Gasteiger partial charge is 0.610 e. The van der Waals surface area contributed by atoms with Crippen LogP contribution in [0.1, 0.15) is 27.4 Å². The number of hydrogen-bond donors (Lipinski definition) is 0. The number of aryl methyl sites for hydroxylation is 2. The van der Waals surface area contributed by atoms with E-state index in [1.165, 1.54) is 6.26 Å². The van der Waals surface area contributed by atoms with Gasteiger partial charge in [-0.1, -0.05) is 5.16 Å². The van der Waals surface area contributed by atoms with Crippen LogP contribution in [0, 0.1) is 13.8 Å². The molecule has 6 nitrogen and oxygen atoms in total. The number of fused-ring (bicyclic) bond motifs is 1. The molecule has 1 atom stereocenters. The molecule has 3 aromatic rings. The third-order valence-corrected chi connectivity index (χ3v) is 6.23. The van der Waals surface area contributed by atoms with Gasteiger partial charge in [0.15, 0.2) is 4.90 Å². The summed E-state index contributed by atoms with van der Waals surface area (Å²) in [6.45, 7) is 4.27. The summed E-state index contributed by atoms with van der Waals surface area (Å²) in [6.07, 6.45) is 1.18. The smallest absolute Gasteiger partial charge is 0.254 e. The van der Waals surface area contributed by atoms with E-state index < -0.39 is 10.2 Å². The monoisotopic (exact) mass is 396 g/mol. The Kier molecular flexibility index (Phi) is 4.24. The lowest BCUT2D eigenvalue weighted by atomic mass is 9.91. The third-order valence-electron chi connectivity index (χ3n) is 5.10. The first kappa shape index (κ1) is 18.6. The van der Waals surface area contributed by atoms with Gasteiger partial charge in [0.1, 0.15) is 12.0 Å². The van der Waals surface area contributed by atoms with Crippen LogP contribution in [0.5, 0.6) is 0 Å². The van der Waals surface area contributed by atoms with E-state index in [-0.39, 0.29) is 10.8 Å². The van der Waals surface area contributed by atoms with Gasteiger partial charge >= 0.3 is 0 Å². The SMILES string of the molecule is Cc1noc(C)c1-c1cc2c(c(-c3ccc([S+](C)(=O)[O-])cc3)c1)C(=O)N(C)C2. The van der Waals surface area contributed by atoms with Crippen molar-refractivity contribution in [3.63, 3.8) is 0 Å². The van der Waals surface area contributed by atoms with E-state index in [9.17, 15) is 13.6 Å². The molecule has 7 heteroatoms. The zero-order chi connectivity index (χ0) is 20.2. The van der Waals surface area contributed by atoms with Gasteiger partial charge in [-0.15, -0.1) is 4.21 Å². The van der Waals surface area contributed by atoms with Gasteiger partial charge in [0.05, 0.1) is 21.5 Å². The number of carbonyl (C=O) groups is 1. The van der Waals surface area contributed by atoms with Crippen LogP contribution >= 0.6 is 0 Å². The highest BCUT2D eigenvalue weighted by Crippen LogP contribution is 2.38. The van der Waals surface area contributed by atoms with Crippen LogP contribution in [0.4, 0.5) is 0 Å². The van der Waals surface area contributed by atoms with Crippen molar-refractivity contribution >= 4 is 16.1 Å². The van der Waals surface area contributed by atoms with Crippen molar-refractivity contribution in [3.8, 4) is 22.3 Å². The number of aromatic nitrogens is 1. The molecule has 0 aliphatic carbocycles. The summed E-state index contributed by atoms with van der Waals surface area (Å²) < 4.78 is 28.9. The standard InChI is InChI=1S/C21H20N2O4S/c1-12-19(13(2)27-22-12)15-9-16-11-23(3)21(24)20(16)18(10-15)14-5-7-17(8-6-14)28(4,25)26/h5-10H,11H2,1-4H3. The van der Waals surface area contributed by atoms with Gasteiger partial charge in [0.25, 0.3) is 5.91 Å². The number of hydrogen-bond acceptors (Lipinski definition) is 5.